The highest BCUT2D eigenvalue weighted by Crippen LogP contribution is 2.36. The Morgan fingerprint density at radius 3 is 3.00 bits per heavy atom. The number of thioether (sulfide) groups is 1. The summed E-state index contributed by atoms with van der Waals surface area (Å²) < 4.78 is 5.79. The van der Waals surface area contributed by atoms with Crippen LogP contribution in [0.3, 0.4) is 0 Å². The van der Waals surface area contributed by atoms with Crippen molar-refractivity contribution in [1.82, 2.24) is 9.97 Å². The van der Waals surface area contributed by atoms with Gasteiger partial charge < -0.3 is 15.0 Å². The molecule has 1 aromatic carbocycles. The van der Waals surface area contributed by atoms with E-state index in [9.17, 15) is 14.4 Å². The predicted molar refractivity (Wildman–Crippen MR) is 99.8 cm³/mol. The molecule has 0 spiro atoms. The maximum atomic E-state index is 12.3. The van der Waals surface area contributed by atoms with Gasteiger partial charge in [-0.15, -0.1) is 23.1 Å². The third kappa shape index (κ3) is 3.11. The van der Waals surface area contributed by atoms with Gasteiger partial charge in [0, 0.05) is 4.90 Å². The summed E-state index contributed by atoms with van der Waals surface area (Å²) >= 11 is 2.75. The van der Waals surface area contributed by atoms with Gasteiger partial charge in [-0.3, -0.25) is 9.59 Å². The Morgan fingerprint density at radius 1 is 1.31 bits per heavy atom. The Balaban J connectivity index is 1.50. The number of ether oxygens (including phenoxy) is 1. The second-order valence-corrected chi connectivity index (χ2v) is 7.98. The fourth-order valence-corrected chi connectivity index (χ4v) is 4.20. The smallest absolute Gasteiger partial charge is 0.338 e. The van der Waals surface area contributed by atoms with E-state index in [2.05, 4.69) is 15.3 Å². The molecule has 1 aliphatic rings. The molecule has 2 N–H and O–H groups in total. The van der Waals surface area contributed by atoms with Crippen molar-refractivity contribution in [1.29, 1.82) is 0 Å². The van der Waals surface area contributed by atoms with Crippen molar-refractivity contribution < 1.29 is 14.3 Å². The van der Waals surface area contributed by atoms with Crippen LogP contribution in [0.15, 0.2) is 39.3 Å². The van der Waals surface area contributed by atoms with Gasteiger partial charge in [0.05, 0.1) is 22.0 Å². The van der Waals surface area contributed by atoms with Crippen LogP contribution in [0.5, 0.6) is 0 Å². The number of carbonyl (C=O) groups is 2. The lowest BCUT2D eigenvalue weighted by atomic mass is 10.2. The quantitative estimate of drug-likeness (QED) is 0.670. The number of H-pyrrole nitrogens is 1. The fraction of sp³-hybridized carbons (Fsp3) is 0.176. The highest BCUT2D eigenvalue weighted by molar-refractivity contribution is 8.00. The van der Waals surface area contributed by atoms with Gasteiger partial charge >= 0.3 is 5.97 Å². The van der Waals surface area contributed by atoms with Gasteiger partial charge in [-0.2, -0.15) is 0 Å². The number of hydrogen-bond acceptors (Lipinski definition) is 7. The summed E-state index contributed by atoms with van der Waals surface area (Å²) in [6.07, 6.45) is 0. The number of carbonyl (C=O) groups excluding carboxylic acids is 2. The van der Waals surface area contributed by atoms with Crippen LogP contribution in [0, 0.1) is 0 Å². The zero-order chi connectivity index (χ0) is 18.3. The molecule has 2 aromatic heterocycles. The summed E-state index contributed by atoms with van der Waals surface area (Å²) in [5.74, 6) is -0.373. The van der Waals surface area contributed by atoms with Crippen molar-refractivity contribution in [3.8, 4) is 0 Å². The van der Waals surface area contributed by atoms with Crippen LogP contribution in [0.4, 0.5) is 5.69 Å². The number of aromatic amines is 1. The average molecular weight is 387 g/mol. The van der Waals surface area contributed by atoms with Crippen molar-refractivity contribution in [2.24, 2.45) is 0 Å². The Kier molecular flexibility index (Phi) is 4.25. The van der Waals surface area contributed by atoms with Crippen LogP contribution in [-0.4, -0.2) is 27.1 Å². The second kappa shape index (κ2) is 6.58. The van der Waals surface area contributed by atoms with Gasteiger partial charge in [-0.05, 0) is 36.6 Å². The lowest BCUT2D eigenvalue weighted by Gasteiger charge is -2.21. The standard InChI is InChI=1S/C17H13N3O4S2/c1-8-15(21)19-11-6-9(2-3-12(11)26-8)17(23)24-7-13-18-10-4-5-25-14(10)16(22)20-13/h2-6,8H,7H2,1H3,(H,19,21)(H,18,20,22)/t8-/m1/s1. The van der Waals surface area contributed by atoms with Crippen molar-refractivity contribution in [3.63, 3.8) is 0 Å². The number of fused-ring (bicyclic) bond motifs is 2. The Morgan fingerprint density at radius 2 is 2.15 bits per heavy atom. The minimum absolute atomic E-state index is 0.0983. The van der Waals surface area contributed by atoms with Crippen molar-refractivity contribution >= 4 is 50.9 Å². The van der Waals surface area contributed by atoms with Crippen LogP contribution < -0.4 is 10.9 Å². The maximum absolute atomic E-state index is 12.3. The first-order chi connectivity index (χ1) is 12.5. The van der Waals surface area contributed by atoms with Gasteiger partial charge in [0.1, 0.15) is 17.1 Å². The molecule has 0 unspecified atom stereocenters. The largest absolute Gasteiger partial charge is 0.454 e. The number of nitrogens with one attached hydrogen (secondary N) is 2. The predicted octanol–water partition coefficient (Wildman–Crippen LogP) is 2.77. The van der Waals surface area contributed by atoms with Crippen LogP contribution in [0.1, 0.15) is 23.1 Å². The summed E-state index contributed by atoms with van der Waals surface area (Å²) in [6, 6.07) is 6.76. The number of aromatic nitrogens is 2. The number of esters is 1. The molecule has 0 saturated heterocycles. The molecular weight excluding hydrogens is 374 g/mol. The molecule has 9 heteroatoms. The Bertz CT molecular complexity index is 1090. The molecule has 3 heterocycles. The second-order valence-electron chi connectivity index (χ2n) is 5.68. The fourth-order valence-electron chi connectivity index (χ4n) is 2.54. The minimum atomic E-state index is -0.557. The molecule has 0 fully saturated rings. The SMILES string of the molecule is C[C@H]1Sc2ccc(C(=O)OCc3nc4ccsc4c(=O)[nH]3)cc2NC1=O. The third-order valence-corrected chi connectivity index (χ3v) is 5.93. The van der Waals surface area contributed by atoms with Gasteiger partial charge in [0.25, 0.3) is 5.56 Å². The molecule has 7 nitrogen and oxygen atoms in total. The van der Waals surface area contributed by atoms with Gasteiger partial charge in [-0.1, -0.05) is 0 Å². The van der Waals surface area contributed by atoms with E-state index in [4.69, 9.17) is 4.74 Å². The summed E-state index contributed by atoms with van der Waals surface area (Å²) in [5, 5.41) is 4.39. The number of anilines is 1. The molecule has 0 bridgehead atoms. The average Bonchev–Trinajstić information content (AvgIpc) is 3.09. The lowest BCUT2D eigenvalue weighted by molar-refractivity contribution is -0.115. The maximum Gasteiger partial charge on any atom is 0.338 e. The van der Waals surface area contributed by atoms with Crippen LogP contribution in [0.25, 0.3) is 10.2 Å². The van der Waals surface area contributed by atoms with Gasteiger partial charge in [0.15, 0.2) is 0 Å². The van der Waals surface area contributed by atoms with E-state index in [-0.39, 0.29) is 29.1 Å². The van der Waals surface area contributed by atoms with E-state index in [1.807, 2.05) is 6.92 Å². The van der Waals surface area contributed by atoms with E-state index in [0.29, 0.717) is 21.5 Å². The van der Waals surface area contributed by atoms with Gasteiger partial charge in [0.2, 0.25) is 5.91 Å². The molecular formula is C17H13N3O4S2. The zero-order valence-electron chi connectivity index (χ0n) is 13.6. The van der Waals surface area contributed by atoms with Crippen molar-refractivity contribution in [3.05, 3.63) is 51.4 Å². The summed E-state index contributed by atoms with van der Waals surface area (Å²) in [5.41, 5.74) is 1.24. The number of nitrogens with zero attached hydrogens (tertiary/aromatic N) is 1. The highest BCUT2D eigenvalue weighted by Gasteiger charge is 2.24. The topological polar surface area (TPSA) is 101 Å². The normalized spacial score (nSPS) is 16.2. The lowest BCUT2D eigenvalue weighted by Crippen LogP contribution is -2.26. The van der Waals surface area contributed by atoms with Crippen LogP contribution >= 0.6 is 23.1 Å². The van der Waals surface area contributed by atoms with Crippen molar-refractivity contribution in [2.45, 2.75) is 23.7 Å². The van der Waals surface area contributed by atoms with E-state index < -0.39 is 5.97 Å². The number of amides is 1. The Labute approximate surface area is 155 Å². The Hall–Kier alpha value is -2.65. The molecule has 0 saturated carbocycles. The molecule has 4 rings (SSSR count). The molecule has 0 aliphatic carbocycles. The van der Waals surface area contributed by atoms with Crippen LogP contribution in [-0.2, 0) is 16.1 Å². The molecule has 1 atom stereocenters. The van der Waals surface area contributed by atoms with E-state index >= 15 is 0 Å². The molecule has 3 aromatic rings. The van der Waals surface area contributed by atoms with E-state index in [0.717, 1.165) is 4.90 Å². The number of hydrogen-bond donors (Lipinski definition) is 2. The summed E-state index contributed by atoms with van der Waals surface area (Å²) in [6.45, 7) is 1.68. The summed E-state index contributed by atoms with van der Waals surface area (Å²) in [7, 11) is 0. The number of benzene rings is 1. The first-order valence-corrected chi connectivity index (χ1v) is 9.52. The van der Waals surface area contributed by atoms with E-state index in [1.54, 1.807) is 29.6 Å². The summed E-state index contributed by atoms with van der Waals surface area (Å²) in [4.78, 5) is 43.8. The zero-order valence-corrected chi connectivity index (χ0v) is 15.2. The van der Waals surface area contributed by atoms with E-state index in [1.165, 1.54) is 23.1 Å². The first kappa shape index (κ1) is 16.8. The molecule has 0 radical (unpaired) electrons. The monoisotopic (exact) mass is 387 g/mol. The molecule has 1 amide bonds. The molecule has 132 valence electrons. The number of rotatable bonds is 3. The minimum Gasteiger partial charge on any atom is -0.454 e. The molecule has 26 heavy (non-hydrogen) atoms. The molecule has 1 aliphatic heterocycles. The van der Waals surface area contributed by atoms with Gasteiger partial charge in [-0.25, -0.2) is 9.78 Å². The first-order valence-electron chi connectivity index (χ1n) is 7.76. The van der Waals surface area contributed by atoms with Crippen molar-refractivity contribution in [2.75, 3.05) is 5.32 Å². The third-order valence-electron chi connectivity index (χ3n) is 3.85. The number of thiophene rings is 1. The van der Waals surface area contributed by atoms with Crippen LogP contribution in [0.2, 0.25) is 0 Å². The highest BCUT2D eigenvalue weighted by atomic mass is 32.2.